The number of nitrogens with one attached hydrogen (secondary N) is 1. The first-order valence-electron chi connectivity index (χ1n) is 8.69. The van der Waals surface area contributed by atoms with E-state index in [0.717, 1.165) is 24.8 Å². The molecule has 3 aromatic rings. The van der Waals surface area contributed by atoms with E-state index in [1.165, 1.54) is 17.2 Å². The number of aromatic nitrogens is 1. The third-order valence-electron chi connectivity index (χ3n) is 4.41. The van der Waals surface area contributed by atoms with Crippen molar-refractivity contribution in [1.82, 2.24) is 4.98 Å². The molecule has 0 unspecified atom stereocenters. The summed E-state index contributed by atoms with van der Waals surface area (Å²) in [5.41, 5.74) is 3.86. The molecule has 3 rings (SSSR count). The van der Waals surface area contributed by atoms with Crippen LogP contribution in [0.1, 0.15) is 30.4 Å². The maximum Gasteiger partial charge on any atom is 0.133 e. The number of aryl methyl sites for hydroxylation is 2. The van der Waals surface area contributed by atoms with Crippen molar-refractivity contribution in [3.63, 3.8) is 0 Å². The van der Waals surface area contributed by atoms with Crippen LogP contribution in [0.25, 0.3) is 11.1 Å². The molecule has 0 aliphatic carbocycles. The van der Waals surface area contributed by atoms with Gasteiger partial charge in [0.05, 0.1) is 0 Å². The molecule has 0 aliphatic heterocycles. The zero-order valence-electron chi connectivity index (χ0n) is 14.2. The van der Waals surface area contributed by atoms with Gasteiger partial charge in [-0.15, -0.1) is 0 Å². The Balaban J connectivity index is 1.46. The number of benzene rings is 2. The number of hydrogen-bond acceptors (Lipinski definition) is 1. The molecule has 0 spiro atoms. The van der Waals surface area contributed by atoms with Gasteiger partial charge in [0.25, 0.3) is 0 Å². The third-order valence-corrected chi connectivity index (χ3v) is 4.41. The van der Waals surface area contributed by atoms with Crippen molar-refractivity contribution in [1.29, 1.82) is 0 Å². The van der Waals surface area contributed by atoms with Crippen LogP contribution in [0.3, 0.4) is 0 Å². The molecule has 0 amide bonds. The van der Waals surface area contributed by atoms with Crippen LogP contribution in [0, 0.1) is 5.82 Å². The van der Waals surface area contributed by atoms with Crippen molar-refractivity contribution < 1.29 is 9.18 Å². The lowest BCUT2D eigenvalue weighted by Crippen LogP contribution is -2.00. The highest BCUT2D eigenvalue weighted by Gasteiger charge is 2.06. The Morgan fingerprint density at radius 1 is 0.880 bits per heavy atom. The third kappa shape index (κ3) is 4.90. The second-order valence-corrected chi connectivity index (χ2v) is 6.29. The Bertz CT molecular complexity index is 806. The number of rotatable bonds is 8. The van der Waals surface area contributed by atoms with E-state index in [2.05, 4.69) is 4.98 Å². The van der Waals surface area contributed by atoms with Crippen molar-refractivity contribution in [2.45, 2.75) is 32.1 Å². The topological polar surface area (TPSA) is 32.9 Å². The number of aromatic amines is 1. The van der Waals surface area contributed by atoms with E-state index < -0.39 is 0 Å². The normalized spacial score (nSPS) is 10.8. The molecule has 128 valence electrons. The highest BCUT2D eigenvalue weighted by Crippen LogP contribution is 2.23. The summed E-state index contributed by atoms with van der Waals surface area (Å²) in [5, 5.41) is 0. The van der Waals surface area contributed by atoms with Gasteiger partial charge in [0, 0.05) is 30.8 Å². The molecule has 0 radical (unpaired) electrons. The van der Waals surface area contributed by atoms with Crippen LogP contribution in [0.15, 0.2) is 67.0 Å². The summed E-state index contributed by atoms with van der Waals surface area (Å²) >= 11 is 0. The minimum atomic E-state index is -0.205. The smallest absolute Gasteiger partial charge is 0.133 e. The number of H-pyrrole nitrogens is 1. The van der Waals surface area contributed by atoms with Gasteiger partial charge in [-0.1, -0.05) is 42.5 Å². The first-order chi connectivity index (χ1) is 12.2. The molecule has 1 aromatic heterocycles. The summed E-state index contributed by atoms with van der Waals surface area (Å²) in [7, 11) is 0. The van der Waals surface area contributed by atoms with Crippen molar-refractivity contribution in [2.24, 2.45) is 0 Å². The fourth-order valence-corrected chi connectivity index (χ4v) is 2.96. The zero-order valence-corrected chi connectivity index (χ0v) is 14.2. The van der Waals surface area contributed by atoms with Gasteiger partial charge < -0.3 is 4.98 Å². The van der Waals surface area contributed by atoms with Gasteiger partial charge >= 0.3 is 0 Å². The Morgan fingerprint density at radius 3 is 2.40 bits per heavy atom. The number of carbonyl (C=O) groups excluding carboxylic acids is 1. The predicted molar refractivity (Wildman–Crippen MR) is 98.9 cm³/mol. The van der Waals surface area contributed by atoms with Gasteiger partial charge in [0.2, 0.25) is 0 Å². The Hall–Kier alpha value is -2.68. The Labute approximate surface area is 147 Å². The monoisotopic (exact) mass is 335 g/mol. The SMILES string of the molecule is O=C(CCCc1ccc(-c2ccccc2F)cc1)CCc1cc[nH]c1. The highest BCUT2D eigenvalue weighted by molar-refractivity contribution is 5.78. The largest absolute Gasteiger partial charge is 0.367 e. The number of hydrogen-bond donors (Lipinski definition) is 1. The lowest BCUT2D eigenvalue weighted by atomic mass is 10.00. The number of carbonyl (C=O) groups is 1. The molecule has 1 N–H and O–H groups in total. The van der Waals surface area contributed by atoms with Crippen LogP contribution in [-0.2, 0) is 17.6 Å². The molecular formula is C22H22FNO. The Morgan fingerprint density at radius 2 is 1.68 bits per heavy atom. The lowest BCUT2D eigenvalue weighted by Gasteiger charge is -2.06. The number of halogens is 1. The average molecular weight is 335 g/mol. The van der Waals surface area contributed by atoms with E-state index in [-0.39, 0.29) is 5.82 Å². The second kappa shape index (κ2) is 8.43. The lowest BCUT2D eigenvalue weighted by molar-refractivity contribution is -0.119. The molecule has 2 nitrogen and oxygen atoms in total. The van der Waals surface area contributed by atoms with E-state index in [1.807, 2.05) is 48.8 Å². The van der Waals surface area contributed by atoms with Gasteiger partial charge in [-0.3, -0.25) is 4.79 Å². The maximum atomic E-state index is 13.8. The van der Waals surface area contributed by atoms with Crippen LogP contribution in [-0.4, -0.2) is 10.8 Å². The van der Waals surface area contributed by atoms with Crippen LogP contribution >= 0.6 is 0 Å². The van der Waals surface area contributed by atoms with Gasteiger partial charge in [-0.05, 0) is 48.1 Å². The first-order valence-corrected chi connectivity index (χ1v) is 8.69. The van der Waals surface area contributed by atoms with Gasteiger partial charge in [-0.25, -0.2) is 4.39 Å². The quantitative estimate of drug-likeness (QED) is 0.592. The maximum absolute atomic E-state index is 13.8. The standard InChI is InChI=1S/C22H22FNO/c23-22-7-2-1-6-21(22)19-11-8-17(9-12-19)4-3-5-20(25)13-10-18-14-15-24-16-18/h1-2,6-9,11-12,14-16,24H,3-5,10,13H2. The number of Topliss-reactive ketones (excluding diaryl/α,β-unsaturated/α-hetero) is 1. The molecule has 0 aliphatic rings. The summed E-state index contributed by atoms with van der Waals surface area (Å²) in [4.78, 5) is 15.0. The molecule has 2 aromatic carbocycles. The van der Waals surface area contributed by atoms with Gasteiger partial charge in [0.1, 0.15) is 11.6 Å². The summed E-state index contributed by atoms with van der Waals surface area (Å²) in [6.45, 7) is 0. The predicted octanol–water partition coefficient (Wildman–Crippen LogP) is 5.35. The van der Waals surface area contributed by atoms with Crippen LogP contribution in [0.2, 0.25) is 0 Å². The second-order valence-electron chi connectivity index (χ2n) is 6.29. The zero-order chi connectivity index (χ0) is 17.5. The molecule has 0 saturated carbocycles. The van der Waals surface area contributed by atoms with Gasteiger partial charge in [-0.2, -0.15) is 0 Å². The average Bonchev–Trinajstić information content (AvgIpc) is 3.15. The van der Waals surface area contributed by atoms with Crippen molar-refractivity contribution in [3.8, 4) is 11.1 Å². The molecule has 25 heavy (non-hydrogen) atoms. The van der Waals surface area contributed by atoms with E-state index in [4.69, 9.17) is 0 Å². The molecule has 0 bridgehead atoms. The minimum Gasteiger partial charge on any atom is -0.367 e. The van der Waals surface area contributed by atoms with E-state index in [1.54, 1.807) is 12.1 Å². The molecule has 0 fully saturated rings. The van der Waals surface area contributed by atoms with Crippen LogP contribution < -0.4 is 0 Å². The highest BCUT2D eigenvalue weighted by atomic mass is 19.1. The summed E-state index contributed by atoms with van der Waals surface area (Å²) < 4.78 is 13.8. The minimum absolute atomic E-state index is 0.205. The van der Waals surface area contributed by atoms with Gasteiger partial charge in [0.15, 0.2) is 0 Å². The summed E-state index contributed by atoms with van der Waals surface area (Å²) in [6.07, 6.45) is 7.55. The Kier molecular flexibility index (Phi) is 5.78. The summed E-state index contributed by atoms with van der Waals surface area (Å²) in [6, 6.07) is 16.7. The molecular weight excluding hydrogens is 313 g/mol. The molecule has 0 saturated heterocycles. The van der Waals surface area contributed by atoms with Crippen LogP contribution in [0.4, 0.5) is 4.39 Å². The van der Waals surface area contributed by atoms with E-state index >= 15 is 0 Å². The van der Waals surface area contributed by atoms with Crippen molar-refractivity contribution >= 4 is 5.78 Å². The fourth-order valence-electron chi connectivity index (χ4n) is 2.96. The fraction of sp³-hybridized carbons (Fsp3) is 0.227. The van der Waals surface area contributed by atoms with Crippen LogP contribution in [0.5, 0.6) is 0 Å². The van der Waals surface area contributed by atoms with E-state index in [0.29, 0.717) is 24.2 Å². The first kappa shape index (κ1) is 17.2. The molecule has 3 heteroatoms. The van der Waals surface area contributed by atoms with Crippen molar-refractivity contribution in [2.75, 3.05) is 0 Å². The number of ketones is 1. The summed E-state index contributed by atoms with van der Waals surface area (Å²) in [5.74, 6) is 0.104. The molecule has 0 atom stereocenters. The van der Waals surface area contributed by atoms with E-state index in [9.17, 15) is 9.18 Å². The van der Waals surface area contributed by atoms with Crippen molar-refractivity contribution in [3.05, 3.63) is 83.9 Å². The molecule has 1 heterocycles.